The van der Waals surface area contributed by atoms with Crippen LogP contribution >= 0.6 is 0 Å². The summed E-state index contributed by atoms with van der Waals surface area (Å²) in [5.74, 6) is -0.586. The third-order valence-corrected chi connectivity index (χ3v) is 3.62. The minimum absolute atomic E-state index is 0. The van der Waals surface area contributed by atoms with Crippen molar-refractivity contribution in [2.45, 2.75) is 33.1 Å². The fourth-order valence-electron chi connectivity index (χ4n) is 2.09. The van der Waals surface area contributed by atoms with E-state index in [0.717, 1.165) is 35.2 Å². The summed E-state index contributed by atoms with van der Waals surface area (Å²) in [6.07, 6.45) is 3.23. The van der Waals surface area contributed by atoms with Gasteiger partial charge in [0, 0.05) is 11.3 Å². The molecule has 0 saturated heterocycles. The van der Waals surface area contributed by atoms with Crippen molar-refractivity contribution in [2.24, 2.45) is 0 Å². The third kappa shape index (κ3) is 12.7. The van der Waals surface area contributed by atoms with Gasteiger partial charge < -0.3 is 35.6 Å². The van der Waals surface area contributed by atoms with Crippen LogP contribution in [0.15, 0.2) is 42.5 Å². The van der Waals surface area contributed by atoms with Crippen LogP contribution in [-0.2, 0) is 9.53 Å². The Bertz CT molecular complexity index is 705. The molecule has 0 saturated carbocycles. The van der Waals surface area contributed by atoms with Crippen LogP contribution in [0.25, 0.3) is 0 Å². The Hall–Kier alpha value is -2.28. The summed E-state index contributed by atoms with van der Waals surface area (Å²) >= 11 is 0. The number of anilines is 1. The average molecular weight is 388 g/mol. The molecule has 0 aliphatic carbocycles. The van der Waals surface area contributed by atoms with Gasteiger partial charge in [0.05, 0.1) is 13.0 Å². The van der Waals surface area contributed by atoms with Crippen LogP contribution < -0.4 is 24.2 Å². The molecule has 0 aliphatic heterocycles. The van der Waals surface area contributed by atoms with E-state index < -0.39 is 0 Å². The maximum absolute atomic E-state index is 10.9. The Labute approximate surface area is 188 Å². The number of esters is 1. The predicted octanol–water partition coefficient (Wildman–Crippen LogP) is 2.56. The van der Waals surface area contributed by atoms with Gasteiger partial charge in [-0.3, -0.25) is 0 Å². The van der Waals surface area contributed by atoms with Crippen LogP contribution in [0.2, 0.25) is 0 Å². The summed E-state index contributed by atoms with van der Waals surface area (Å²) in [4.78, 5) is 21.6. The van der Waals surface area contributed by atoms with Gasteiger partial charge in [-0.15, -0.1) is 18.6 Å². The zero-order valence-electron chi connectivity index (χ0n) is 18.2. The molecule has 0 atom stereocenters. The molecule has 0 aromatic heterocycles. The normalized spacial score (nSPS) is 8.86. The zero-order valence-corrected chi connectivity index (χ0v) is 18.2. The maximum atomic E-state index is 10.9. The van der Waals surface area contributed by atoms with Crippen LogP contribution in [0.3, 0.4) is 0 Å². The number of carbonyl (C=O) groups excluding carboxylic acids is 2. The van der Waals surface area contributed by atoms with E-state index in [1.54, 1.807) is 24.3 Å². The van der Waals surface area contributed by atoms with Crippen molar-refractivity contribution in [3.05, 3.63) is 92.4 Å². The Morgan fingerprint density at radius 1 is 0.966 bits per heavy atom. The van der Waals surface area contributed by atoms with E-state index in [9.17, 15) is 9.59 Å². The van der Waals surface area contributed by atoms with Gasteiger partial charge in [0.15, 0.2) is 0 Å². The number of para-hydroxylation sites is 1. The monoisotopic (exact) mass is 388 g/mol. The number of rotatable bonds is 4. The average Bonchev–Trinajstić information content (AvgIpc) is 2.66. The minimum atomic E-state index is -0.315. The smallest absolute Gasteiger partial charge is 0.465 e. The van der Waals surface area contributed by atoms with Crippen LogP contribution in [-0.4, -0.2) is 19.0 Å². The standard InChI is InChI=1S/C10H12NO.C9H9O2.C5H10.Li/c1-7-5-4-6-8(2)10(7)11-9(3)12;1-7-3-5-8(6-4-7)9(10)11-2;1-3-5-4-2;/h4-6H,3H2,1-2H3,(H,11,12);3-6H,1H2,2H3;1-5H2;/q2*-1;-2;+1. The number of nitrogens with one attached hydrogen (secondary N) is 1. The number of unbranched alkanes of at least 4 members (excludes halogenated alkanes) is 2. The van der Waals surface area contributed by atoms with Crippen molar-refractivity contribution >= 4 is 17.6 Å². The first-order valence-corrected chi connectivity index (χ1v) is 9.04. The van der Waals surface area contributed by atoms with E-state index >= 15 is 0 Å². The molecule has 0 unspecified atom stereocenters. The SMILES string of the molecule is [CH2-]C(=O)Nc1c(C)cccc1C.[CH2-]CCC[CH2-].[CH2-]c1ccc(C(=O)OC)cc1.[Li+]. The summed E-state index contributed by atoms with van der Waals surface area (Å²) in [6, 6.07) is 12.8. The number of hydrogen-bond acceptors (Lipinski definition) is 3. The van der Waals surface area contributed by atoms with E-state index in [4.69, 9.17) is 0 Å². The molecule has 0 spiro atoms. The van der Waals surface area contributed by atoms with Crippen molar-refractivity contribution < 1.29 is 33.2 Å². The molecule has 2 rings (SSSR count). The molecule has 0 aliphatic rings. The predicted molar refractivity (Wildman–Crippen MR) is 117 cm³/mol. The van der Waals surface area contributed by atoms with Gasteiger partial charge in [0.2, 0.25) is 0 Å². The fraction of sp³-hybridized carbons (Fsp3) is 0.250. The van der Waals surface area contributed by atoms with Gasteiger partial charge in [0.25, 0.3) is 0 Å². The second-order valence-corrected chi connectivity index (χ2v) is 6.06. The molecular weight excluding hydrogens is 357 g/mol. The number of ether oxygens (including phenoxy) is 1. The minimum Gasteiger partial charge on any atom is -0.465 e. The number of amides is 1. The molecule has 2 aromatic rings. The Morgan fingerprint density at radius 2 is 1.45 bits per heavy atom. The molecule has 1 amide bonds. The first kappa shape index (κ1) is 28.9. The van der Waals surface area contributed by atoms with Crippen molar-refractivity contribution in [1.29, 1.82) is 0 Å². The van der Waals surface area contributed by atoms with Gasteiger partial charge in [0.1, 0.15) is 0 Å². The molecule has 0 fully saturated rings. The summed E-state index contributed by atoms with van der Waals surface area (Å²) < 4.78 is 4.52. The third-order valence-electron chi connectivity index (χ3n) is 3.62. The second-order valence-electron chi connectivity index (χ2n) is 6.06. The summed E-state index contributed by atoms with van der Waals surface area (Å²) in [5, 5.41) is 2.69. The molecule has 5 heteroatoms. The summed E-state index contributed by atoms with van der Waals surface area (Å²) in [5.41, 5.74) is 4.44. The van der Waals surface area contributed by atoms with Gasteiger partial charge in [-0.2, -0.15) is 37.5 Å². The molecule has 29 heavy (non-hydrogen) atoms. The molecule has 0 heterocycles. The van der Waals surface area contributed by atoms with Crippen LogP contribution in [0.1, 0.15) is 46.3 Å². The number of benzene rings is 2. The molecule has 154 valence electrons. The van der Waals surface area contributed by atoms with Crippen molar-refractivity contribution in [3.8, 4) is 0 Å². The molecule has 2 aromatic carbocycles. The molecule has 4 nitrogen and oxygen atoms in total. The van der Waals surface area contributed by atoms with Crippen LogP contribution in [0, 0.1) is 41.5 Å². The van der Waals surface area contributed by atoms with Crippen LogP contribution in [0.5, 0.6) is 0 Å². The van der Waals surface area contributed by atoms with Crippen molar-refractivity contribution in [2.75, 3.05) is 12.4 Å². The molecule has 1 N–H and O–H groups in total. The molecule has 0 bridgehead atoms. The first-order valence-electron chi connectivity index (χ1n) is 9.04. The fourth-order valence-corrected chi connectivity index (χ4v) is 2.09. The summed E-state index contributed by atoms with van der Waals surface area (Å²) in [6.45, 7) is 18.1. The van der Waals surface area contributed by atoms with Crippen molar-refractivity contribution in [3.63, 3.8) is 0 Å². The maximum Gasteiger partial charge on any atom is 1.00 e. The Kier molecular flexibility index (Phi) is 16.6. The van der Waals surface area contributed by atoms with E-state index in [0.29, 0.717) is 5.56 Å². The molecule has 0 radical (unpaired) electrons. The number of aryl methyl sites for hydroxylation is 2. The van der Waals surface area contributed by atoms with E-state index in [1.165, 1.54) is 13.5 Å². The van der Waals surface area contributed by atoms with E-state index in [1.807, 2.05) is 32.0 Å². The topological polar surface area (TPSA) is 55.4 Å². The quantitative estimate of drug-likeness (QED) is 0.498. The largest absolute Gasteiger partial charge is 1.00 e. The van der Waals surface area contributed by atoms with Gasteiger partial charge >= 0.3 is 24.8 Å². The van der Waals surface area contributed by atoms with E-state index in [2.05, 4.69) is 37.7 Å². The number of hydrogen-bond donors (Lipinski definition) is 1. The van der Waals surface area contributed by atoms with Crippen molar-refractivity contribution in [1.82, 2.24) is 0 Å². The summed E-state index contributed by atoms with van der Waals surface area (Å²) in [7, 11) is 1.36. The Morgan fingerprint density at radius 3 is 1.79 bits per heavy atom. The van der Waals surface area contributed by atoms with Gasteiger partial charge in [-0.05, 0) is 25.0 Å². The first-order chi connectivity index (χ1) is 13.3. The molecular formula is C24H31LiNO3-3. The number of methoxy groups -OCH3 is 1. The van der Waals surface area contributed by atoms with Gasteiger partial charge in [-0.25, -0.2) is 4.79 Å². The Balaban J connectivity index is 0. The van der Waals surface area contributed by atoms with E-state index in [-0.39, 0.29) is 30.7 Å². The van der Waals surface area contributed by atoms with Crippen LogP contribution in [0.4, 0.5) is 5.69 Å². The van der Waals surface area contributed by atoms with Gasteiger partial charge in [-0.1, -0.05) is 18.2 Å². The number of carbonyl (C=O) groups is 2. The zero-order chi connectivity index (χ0) is 21.5. The second kappa shape index (κ2) is 16.7.